The number of benzene rings is 2. The summed E-state index contributed by atoms with van der Waals surface area (Å²) >= 11 is 0. The standard InChI is InChI=1S/C24H21N3/c1-16-4-8-19(9-5-16)21-12-22(20-10-6-17(2)7-11-20)27-23(13-21)24-25-14-18(3)15-26-24/h4-15H,1-3H3. The third kappa shape index (κ3) is 3.77. The molecule has 2 aromatic heterocycles. The van der Waals surface area contributed by atoms with Crippen molar-refractivity contribution in [3.63, 3.8) is 0 Å². The van der Waals surface area contributed by atoms with Crippen LogP contribution in [0.1, 0.15) is 16.7 Å². The second kappa shape index (κ2) is 7.12. The van der Waals surface area contributed by atoms with E-state index in [4.69, 9.17) is 4.98 Å². The highest BCUT2D eigenvalue weighted by atomic mass is 14.9. The van der Waals surface area contributed by atoms with Gasteiger partial charge in [0.1, 0.15) is 5.69 Å². The summed E-state index contributed by atoms with van der Waals surface area (Å²) in [5.74, 6) is 0.642. The molecule has 0 atom stereocenters. The summed E-state index contributed by atoms with van der Waals surface area (Å²) in [6.07, 6.45) is 3.65. The summed E-state index contributed by atoms with van der Waals surface area (Å²) in [5, 5.41) is 0. The highest BCUT2D eigenvalue weighted by molar-refractivity contribution is 5.75. The number of pyridine rings is 1. The van der Waals surface area contributed by atoms with Crippen LogP contribution in [0.3, 0.4) is 0 Å². The van der Waals surface area contributed by atoms with Crippen LogP contribution in [0.15, 0.2) is 73.1 Å². The molecule has 4 rings (SSSR count). The molecule has 0 aliphatic rings. The van der Waals surface area contributed by atoms with Gasteiger partial charge in [0.25, 0.3) is 0 Å². The van der Waals surface area contributed by atoms with E-state index in [0.717, 1.165) is 33.6 Å². The Balaban J connectivity index is 1.89. The van der Waals surface area contributed by atoms with Crippen molar-refractivity contribution >= 4 is 0 Å². The minimum atomic E-state index is 0.642. The largest absolute Gasteiger partial charge is 0.244 e. The maximum absolute atomic E-state index is 4.85. The molecule has 0 saturated heterocycles. The van der Waals surface area contributed by atoms with Crippen LogP contribution in [-0.2, 0) is 0 Å². The summed E-state index contributed by atoms with van der Waals surface area (Å²) in [5.41, 5.74) is 8.57. The lowest BCUT2D eigenvalue weighted by Gasteiger charge is -2.10. The molecule has 0 bridgehead atoms. The van der Waals surface area contributed by atoms with E-state index in [1.807, 2.05) is 19.3 Å². The number of aryl methyl sites for hydroxylation is 3. The minimum absolute atomic E-state index is 0.642. The Hall–Kier alpha value is -3.33. The minimum Gasteiger partial charge on any atom is -0.244 e. The van der Waals surface area contributed by atoms with Crippen LogP contribution in [0.4, 0.5) is 0 Å². The van der Waals surface area contributed by atoms with Crippen molar-refractivity contribution in [2.75, 3.05) is 0 Å². The first-order chi connectivity index (χ1) is 13.1. The normalized spacial score (nSPS) is 10.8. The van der Waals surface area contributed by atoms with E-state index in [0.29, 0.717) is 5.82 Å². The lowest BCUT2D eigenvalue weighted by Crippen LogP contribution is -1.95. The molecule has 0 unspecified atom stereocenters. The number of rotatable bonds is 3. The summed E-state index contributed by atoms with van der Waals surface area (Å²) < 4.78 is 0. The van der Waals surface area contributed by atoms with E-state index < -0.39 is 0 Å². The molecule has 0 aliphatic heterocycles. The molecule has 0 N–H and O–H groups in total. The molecule has 27 heavy (non-hydrogen) atoms. The van der Waals surface area contributed by atoms with Gasteiger partial charge in [-0.1, -0.05) is 59.7 Å². The predicted molar refractivity (Wildman–Crippen MR) is 110 cm³/mol. The van der Waals surface area contributed by atoms with Gasteiger partial charge < -0.3 is 0 Å². The Labute approximate surface area is 159 Å². The van der Waals surface area contributed by atoms with Crippen molar-refractivity contribution in [1.82, 2.24) is 15.0 Å². The Morgan fingerprint density at radius 1 is 0.519 bits per heavy atom. The average Bonchev–Trinajstić information content (AvgIpc) is 2.69. The van der Waals surface area contributed by atoms with E-state index in [-0.39, 0.29) is 0 Å². The summed E-state index contributed by atoms with van der Waals surface area (Å²) in [4.78, 5) is 13.8. The number of hydrogen-bond acceptors (Lipinski definition) is 3. The molecular weight excluding hydrogens is 330 g/mol. The van der Waals surface area contributed by atoms with E-state index in [2.05, 4.69) is 84.5 Å². The van der Waals surface area contributed by atoms with Crippen LogP contribution in [0.5, 0.6) is 0 Å². The average molecular weight is 351 g/mol. The van der Waals surface area contributed by atoms with Crippen molar-refractivity contribution in [2.45, 2.75) is 20.8 Å². The Morgan fingerprint density at radius 2 is 1.04 bits per heavy atom. The van der Waals surface area contributed by atoms with Gasteiger partial charge in [-0.2, -0.15) is 0 Å². The van der Waals surface area contributed by atoms with Gasteiger partial charge in [0.05, 0.1) is 5.69 Å². The quantitative estimate of drug-likeness (QED) is 0.468. The second-order valence-electron chi connectivity index (χ2n) is 6.94. The molecule has 3 heteroatoms. The zero-order valence-electron chi connectivity index (χ0n) is 15.8. The van der Waals surface area contributed by atoms with Crippen molar-refractivity contribution in [3.05, 3.63) is 89.7 Å². The number of hydrogen-bond donors (Lipinski definition) is 0. The summed E-state index contributed by atoms with van der Waals surface area (Å²) in [7, 11) is 0. The highest BCUT2D eigenvalue weighted by Crippen LogP contribution is 2.29. The van der Waals surface area contributed by atoms with E-state index in [1.165, 1.54) is 11.1 Å². The van der Waals surface area contributed by atoms with Crippen molar-refractivity contribution in [2.24, 2.45) is 0 Å². The Bertz CT molecular complexity index is 910. The first kappa shape index (κ1) is 17.1. The maximum atomic E-state index is 4.85. The maximum Gasteiger partial charge on any atom is 0.178 e. The Kier molecular flexibility index (Phi) is 4.51. The third-order valence-electron chi connectivity index (χ3n) is 4.57. The molecular formula is C24H21N3. The van der Waals surface area contributed by atoms with Gasteiger partial charge in [0.15, 0.2) is 5.82 Å². The second-order valence-corrected chi connectivity index (χ2v) is 6.94. The molecule has 0 fully saturated rings. The van der Waals surface area contributed by atoms with Crippen LogP contribution in [0.2, 0.25) is 0 Å². The fourth-order valence-corrected chi connectivity index (χ4v) is 2.95. The fourth-order valence-electron chi connectivity index (χ4n) is 2.95. The number of nitrogens with zero attached hydrogens (tertiary/aromatic N) is 3. The smallest absolute Gasteiger partial charge is 0.178 e. The van der Waals surface area contributed by atoms with Crippen molar-refractivity contribution in [1.29, 1.82) is 0 Å². The SMILES string of the molecule is Cc1ccc(-c2cc(-c3ccc(C)cc3)nc(-c3ncc(C)cn3)c2)cc1. The molecule has 0 saturated carbocycles. The lowest BCUT2D eigenvalue weighted by molar-refractivity contribution is 1.11. The predicted octanol–water partition coefficient (Wildman–Crippen LogP) is 5.80. The van der Waals surface area contributed by atoms with E-state index in [1.54, 1.807) is 0 Å². The molecule has 4 aromatic rings. The fraction of sp³-hybridized carbons (Fsp3) is 0.125. The van der Waals surface area contributed by atoms with Gasteiger partial charge in [0, 0.05) is 18.0 Å². The number of aromatic nitrogens is 3. The molecule has 2 aromatic carbocycles. The van der Waals surface area contributed by atoms with E-state index in [9.17, 15) is 0 Å². The van der Waals surface area contributed by atoms with Crippen LogP contribution < -0.4 is 0 Å². The molecule has 0 amide bonds. The molecule has 132 valence electrons. The molecule has 2 heterocycles. The van der Waals surface area contributed by atoms with Crippen LogP contribution in [0.25, 0.3) is 33.9 Å². The molecule has 3 nitrogen and oxygen atoms in total. The van der Waals surface area contributed by atoms with Gasteiger partial charge in [-0.05, 0) is 49.6 Å². The lowest BCUT2D eigenvalue weighted by atomic mass is 10.0. The zero-order chi connectivity index (χ0) is 18.8. The first-order valence-corrected chi connectivity index (χ1v) is 9.04. The third-order valence-corrected chi connectivity index (χ3v) is 4.57. The molecule has 0 radical (unpaired) electrons. The van der Waals surface area contributed by atoms with Crippen molar-refractivity contribution < 1.29 is 0 Å². The first-order valence-electron chi connectivity index (χ1n) is 9.04. The monoisotopic (exact) mass is 351 g/mol. The summed E-state index contributed by atoms with van der Waals surface area (Å²) in [6.45, 7) is 6.17. The summed E-state index contributed by atoms with van der Waals surface area (Å²) in [6, 6.07) is 21.2. The van der Waals surface area contributed by atoms with Gasteiger partial charge in [-0.25, -0.2) is 15.0 Å². The highest BCUT2D eigenvalue weighted by Gasteiger charge is 2.10. The molecule has 0 spiro atoms. The van der Waals surface area contributed by atoms with Gasteiger partial charge in [-0.15, -0.1) is 0 Å². The van der Waals surface area contributed by atoms with Crippen LogP contribution in [-0.4, -0.2) is 15.0 Å². The van der Waals surface area contributed by atoms with Gasteiger partial charge in [-0.3, -0.25) is 0 Å². The van der Waals surface area contributed by atoms with Gasteiger partial charge >= 0.3 is 0 Å². The zero-order valence-corrected chi connectivity index (χ0v) is 15.8. The molecule has 0 aliphatic carbocycles. The van der Waals surface area contributed by atoms with Crippen LogP contribution in [0, 0.1) is 20.8 Å². The van der Waals surface area contributed by atoms with Gasteiger partial charge in [0.2, 0.25) is 0 Å². The van der Waals surface area contributed by atoms with Crippen LogP contribution >= 0.6 is 0 Å². The van der Waals surface area contributed by atoms with E-state index >= 15 is 0 Å². The van der Waals surface area contributed by atoms with Crippen molar-refractivity contribution in [3.8, 4) is 33.9 Å². The topological polar surface area (TPSA) is 38.7 Å². The Morgan fingerprint density at radius 3 is 1.63 bits per heavy atom.